The van der Waals surface area contributed by atoms with Crippen LogP contribution in [-0.4, -0.2) is 23.9 Å². The maximum Gasteiger partial charge on any atom is 0.573 e. The standard InChI is InChI=1S/C11H14F3N3O3/c1-2-19-9(18)3-6-7(4-15)10(16)17-5-8(6)20-11(12,13)14/h5H,2-4,15H2,1H3,(H2,16,17). The fourth-order valence-electron chi connectivity index (χ4n) is 1.58. The number of pyridine rings is 1. The van der Waals surface area contributed by atoms with Crippen LogP contribution < -0.4 is 16.2 Å². The second-order valence-corrected chi connectivity index (χ2v) is 3.70. The molecule has 0 amide bonds. The third kappa shape index (κ3) is 4.26. The number of nitrogen functional groups attached to an aromatic ring is 1. The lowest BCUT2D eigenvalue weighted by molar-refractivity contribution is -0.275. The molecule has 1 aromatic heterocycles. The van der Waals surface area contributed by atoms with E-state index in [1.807, 2.05) is 0 Å². The highest BCUT2D eigenvalue weighted by Gasteiger charge is 2.33. The summed E-state index contributed by atoms with van der Waals surface area (Å²) in [6.07, 6.45) is -4.54. The Morgan fingerprint density at radius 1 is 1.40 bits per heavy atom. The number of anilines is 1. The summed E-state index contributed by atoms with van der Waals surface area (Å²) in [5.41, 5.74) is 11.0. The van der Waals surface area contributed by atoms with E-state index in [0.717, 1.165) is 6.20 Å². The van der Waals surface area contributed by atoms with E-state index in [4.69, 9.17) is 16.2 Å². The van der Waals surface area contributed by atoms with Gasteiger partial charge in [-0.25, -0.2) is 4.98 Å². The highest BCUT2D eigenvalue weighted by atomic mass is 19.4. The van der Waals surface area contributed by atoms with Crippen LogP contribution in [0.3, 0.4) is 0 Å². The average Bonchev–Trinajstić information content (AvgIpc) is 2.32. The van der Waals surface area contributed by atoms with Gasteiger partial charge in [-0.1, -0.05) is 0 Å². The number of hydrogen-bond donors (Lipinski definition) is 2. The van der Waals surface area contributed by atoms with Crippen LogP contribution in [0, 0.1) is 0 Å². The van der Waals surface area contributed by atoms with Crippen molar-refractivity contribution in [2.75, 3.05) is 12.3 Å². The zero-order valence-corrected chi connectivity index (χ0v) is 10.7. The van der Waals surface area contributed by atoms with Crippen LogP contribution in [0.1, 0.15) is 18.1 Å². The Bertz CT molecular complexity index is 492. The van der Waals surface area contributed by atoms with Gasteiger partial charge in [-0.15, -0.1) is 13.2 Å². The van der Waals surface area contributed by atoms with Gasteiger partial charge in [0.1, 0.15) is 5.82 Å². The Labute approximate surface area is 112 Å². The van der Waals surface area contributed by atoms with Crippen molar-refractivity contribution >= 4 is 11.8 Å². The molecule has 112 valence electrons. The van der Waals surface area contributed by atoms with E-state index in [-0.39, 0.29) is 30.1 Å². The van der Waals surface area contributed by atoms with Crippen molar-refractivity contribution in [3.63, 3.8) is 0 Å². The third-order valence-corrected chi connectivity index (χ3v) is 2.35. The van der Waals surface area contributed by atoms with E-state index >= 15 is 0 Å². The number of nitrogens with two attached hydrogens (primary N) is 2. The van der Waals surface area contributed by atoms with Crippen LogP contribution >= 0.6 is 0 Å². The lowest BCUT2D eigenvalue weighted by Gasteiger charge is -2.16. The minimum atomic E-state index is -4.91. The van der Waals surface area contributed by atoms with E-state index in [1.165, 1.54) is 0 Å². The van der Waals surface area contributed by atoms with E-state index in [9.17, 15) is 18.0 Å². The number of halogens is 3. The number of rotatable bonds is 5. The first-order valence-electron chi connectivity index (χ1n) is 5.66. The summed E-state index contributed by atoms with van der Waals surface area (Å²) >= 11 is 0. The summed E-state index contributed by atoms with van der Waals surface area (Å²) < 4.78 is 45.5. The Balaban J connectivity index is 3.19. The second-order valence-electron chi connectivity index (χ2n) is 3.70. The highest BCUT2D eigenvalue weighted by molar-refractivity contribution is 5.75. The van der Waals surface area contributed by atoms with Crippen molar-refractivity contribution in [3.05, 3.63) is 17.3 Å². The summed E-state index contributed by atoms with van der Waals surface area (Å²) in [5, 5.41) is 0. The molecule has 0 aliphatic heterocycles. The average molecular weight is 293 g/mol. The minimum absolute atomic E-state index is 0.0543. The molecule has 9 heteroatoms. The molecule has 0 fully saturated rings. The van der Waals surface area contributed by atoms with Gasteiger partial charge in [0, 0.05) is 17.7 Å². The second kappa shape index (κ2) is 6.42. The van der Waals surface area contributed by atoms with Crippen molar-refractivity contribution in [3.8, 4) is 5.75 Å². The van der Waals surface area contributed by atoms with Crippen LogP contribution in [0.4, 0.5) is 19.0 Å². The van der Waals surface area contributed by atoms with Gasteiger partial charge in [-0.05, 0) is 6.92 Å². The van der Waals surface area contributed by atoms with Crippen molar-refractivity contribution in [2.45, 2.75) is 26.3 Å². The lowest BCUT2D eigenvalue weighted by atomic mass is 10.1. The SMILES string of the molecule is CCOC(=O)Cc1c(OC(F)(F)F)cnc(N)c1CN. The quantitative estimate of drug-likeness (QED) is 0.789. The zero-order chi connectivity index (χ0) is 15.3. The number of esters is 1. The number of hydrogen-bond acceptors (Lipinski definition) is 6. The van der Waals surface area contributed by atoms with Crippen molar-refractivity contribution in [1.29, 1.82) is 0 Å². The summed E-state index contributed by atoms with van der Waals surface area (Å²) in [5.74, 6) is -1.37. The molecule has 0 atom stereocenters. The molecule has 1 heterocycles. The summed E-state index contributed by atoms with van der Waals surface area (Å²) in [6.45, 7) is 1.51. The normalized spacial score (nSPS) is 11.2. The van der Waals surface area contributed by atoms with Gasteiger partial charge in [-0.3, -0.25) is 4.79 Å². The van der Waals surface area contributed by atoms with Gasteiger partial charge in [-0.2, -0.15) is 0 Å². The minimum Gasteiger partial charge on any atom is -0.466 e. The molecular weight excluding hydrogens is 279 g/mol. The molecule has 6 nitrogen and oxygen atoms in total. The molecule has 0 spiro atoms. The van der Waals surface area contributed by atoms with Crippen LogP contribution in [0.2, 0.25) is 0 Å². The molecule has 0 aliphatic carbocycles. The highest BCUT2D eigenvalue weighted by Crippen LogP contribution is 2.30. The van der Waals surface area contributed by atoms with Gasteiger partial charge >= 0.3 is 12.3 Å². The van der Waals surface area contributed by atoms with Crippen molar-refractivity contribution < 1.29 is 27.4 Å². The first kappa shape index (κ1) is 16.0. The number of nitrogens with zero attached hydrogens (tertiary/aromatic N) is 1. The zero-order valence-electron chi connectivity index (χ0n) is 10.7. The number of alkyl halides is 3. The maximum absolute atomic E-state index is 12.3. The maximum atomic E-state index is 12.3. The molecule has 1 rings (SSSR count). The molecule has 0 aromatic carbocycles. The monoisotopic (exact) mass is 293 g/mol. The number of ether oxygens (including phenoxy) is 2. The number of aromatic nitrogens is 1. The fraction of sp³-hybridized carbons (Fsp3) is 0.455. The van der Waals surface area contributed by atoms with Gasteiger partial charge in [0.25, 0.3) is 0 Å². The molecule has 0 aliphatic rings. The predicted octanol–water partition coefficient (Wildman–Crippen LogP) is 1.13. The molecule has 0 saturated heterocycles. The first-order valence-corrected chi connectivity index (χ1v) is 5.66. The van der Waals surface area contributed by atoms with Crippen molar-refractivity contribution in [1.82, 2.24) is 4.98 Å². The molecule has 0 saturated carbocycles. The third-order valence-electron chi connectivity index (χ3n) is 2.35. The Morgan fingerprint density at radius 2 is 2.05 bits per heavy atom. The summed E-state index contributed by atoms with van der Waals surface area (Å²) in [4.78, 5) is 15.0. The van der Waals surface area contributed by atoms with Crippen LogP contribution in [0.15, 0.2) is 6.20 Å². The van der Waals surface area contributed by atoms with E-state index < -0.39 is 24.5 Å². The lowest BCUT2D eigenvalue weighted by Crippen LogP contribution is -2.21. The first-order chi connectivity index (χ1) is 9.28. The van der Waals surface area contributed by atoms with E-state index in [1.54, 1.807) is 6.92 Å². The van der Waals surface area contributed by atoms with Gasteiger partial charge in [0.05, 0.1) is 19.2 Å². The molecular formula is C11H14F3N3O3. The molecule has 4 N–H and O–H groups in total. The van der Waals surface area contributed by atoms with Crippen LogP contribution in [0.25, 0.3) is 0 Å². The van der Waals surface area contributed by atoms with Crippen molar-refractivity contribution in [2.24, 2.45) is 5.73 Å². The predicted molar refractivity (Wildman–Crippen MR) is 63.6 cm³/mol. The molecule has 20 heavy (non-hydrogen) atoms. The van der Waals surface area contributed by atoms with E-state index in [2.05, 4.69) is 9.72 Å². The number of carbonyl (C=O) groups is 1. The van der Waals surface area contributed by atoms with Gasteiger partial charge < -0.3 is 20.9 Å². The van der Waals surface area contributed by atoms with Crippen LogP contribution in [0.5, 0.6) is 5.75 Å². The Hall–Kier alpha value is -2.03. The fourth-order valence-corrected chi connectivity index (χ4v) is 1.58. The largest absolute Gasteiger partial charge is 0.573 e. The molecule has 0 bridgehead atoms. The molecule has 0 radical (unpaired) electrons. The number of carbonyl (C=O) groups excluding carboxylic acids is 1. The topological polar surface area (TPSA) is 100 Å². The van der Waals surface area contributed by atoms with Gasteiger partial charge in [0.15, 0.2) is 5.75 Å². The molecule has 0 unspecified atom stereocenters. The van der Waals surface area contributed by atoms with Crippen LogP contribution in [-0.2, 0) is 22.5 Å². The Kier molecular flexibility index (Phi) is 5.14. The molecule has 1 aromatic rings. The van der Waals surface area contributed by atoms with Gasteiger partial charge in [0.2, 0.25) is 0 Å². The Morgan fingerprint density at radius 3 is 2.55 bits per heavy atom. The summed E-state index contributed by atoms with van der Waals surface area (Å²) in [6, 6.07) is 0. The van der Waals surface area contributed by atoms with E-state index in [0.29, 0.717) is 0 Å². The summed E-state index contributed by atoms with van der Waals surface area (Å²) in [7, 11) is 0. The smallest absolute Gasteiger partial charge is 0.466 e.